The SMILES string of the molecule is CC(C)[C@@H](NC(=O)C1CCCCC1)C(=O)NCCc1cccc(F)c1. The Kier molecular flexibility index (Phi) is 7.41. The van der Waals surface area contributed by atoms with Gasteiger partial charge < -0.3 is 10.6 Å². The van der Waals surface area contributed by atoms with E-state index in [4.69, 9.17) is 0 Å². The minimum atomic E-state index is -0.526. The van der Waals surface area contributed by atoms with E-state index in [-0.39, 0.29) is 29.5 Å². The zero-order valence-electron chi connectivity index (χ0n) is 15.2. The van der Waals surface area contributed by atoms with Crippen molar-refractivity contribution in [2.45, 2.75) is 58.4 Å². The molecule has 1 saturated carbocycles. The van der Waals surface area contributed by atoms with Gasteiger partial charge in [-0.15, -0.1) is 0 Å². The monoisotopic (exact) mass is 348 g/mol. The molecular weight excluding hydrogens is 319 g/mol. The fourth-order valence-corrected chi connectivity index (χ4v) is 3.30. The van der Waals surface area contributed by atoms with Gasteiger partial charge in [0.15, 0.2) is 0 Å². The predicted molar refractivity (Wildman–Crippen MR) is 96.5 cm³/mol. The maximum absolute atomic E-state index is 13.2. The van der Waals surface area contributed by atoms with E-state index in [1.165, 1.54) is 18.6 Å². The van der Waals surface area contributed by atoms with Crippen LogP contribution >= 0.6 is 0 Å². The largest absolute Gasteiger partial charge is 0.354 e. The lowest BCUT2D eigenvalue weighted by Crippen LogP contribution is -2.51. The molecule has 1 aliphatic rings. The molecule has 0 bridgehead atoms. The van der Waals surface area contributed by atoms with Crippen molar-refractivity contribution in [3.8, 4) is 0 Å². The van der Waals surface area contributed by atoms with Crippen LogP contribution < -0.4 is 10.6 Å². The van der Waals surface area contributed by atoms with E-state index in [0.29, 0.717) is 13.0 Å². The van der Waals surface area contributed by atoms with E-state index in [1.54, 1.807) is 6.07 Å². The van der Waals surface area contributed by atoms with E-state index in [1.807, 2.05) is 19.9 Å². The van der Waals surface area contributed by atoms with Crippen LogP contribution in [0.4, 0.5) is 4.39 Å². The maximum atomic E-state index is 13.2. The van der Waals surface area contributed by atoms with Crippen molar-refractivity contribution in [1.82, 2.24) is 10.6 Å². The Morgan fingerprint density at radius 1 is 1.20 bits per heavy atom. The summed E-state index contributed by atoms with van der Waals surface area (Å²) in [5.41, 5.74) is 0.840. The Hall–Kier alpha value is -1.91. The highest BCUT2D eigenvalue weighted by molar-refractivity contribution is 5.88. The lowest BCUT2D eigenvalue weighted by Gasteiger charge is -2.26. The summed E-state index contributed by atoms with van der Waals surface area (Å²) >= 11 is 0. The minimum absolute atomic E-state index is 0.00122. The first kappa shape index (κ1) is 19.4. The molecule has 1 fully saturated rings. The van der Waals surface area contributed by atoms with Crippen LogP contribution in [-0.2, 0) is 16.0 Å². The number of carbonyl (C=O) groups excluding carboxylic acids is 2. The summed E-state index contributed by atoms with van der Waals surface area (Å²) in [6, 6.07) is 5.84. The molecule has 138 valence electrons. The molecule has 1 atom stereocenters. The van der Waals surface area contributed by atoms with Gasteiger partial charge in [-0.1, -0.05) is 45.2 Å². The molecule has 1 aromatic rings. The molecule has 0 aliphatic heterocycles. The summed E-state index contributed by atoms with van der Waals surface area (Å²) in [5.74, 6) is -0.394. The van der Waals surface area contributed by atoms with E-state index >= 15 is 0 Å². The fraction of sp³-hybridized carbons (Fsp3) is 0.600. The summed E-state index contributed by atoms with van der Waals surface area (Å²) in [4.78, 5) is 24.9. The van der Waals surface area contributed by atoms with E-state index < -0.39 is 6.04 Å². The van der Waals surface area contributed by atoms with Gasteiger partial charge >= 0.3 is 0 Å². The molecule has 5 heteroatoms. The molecule has 2 N–H and O–H groups in total. The summed E-state index contributed by atoms with van der Waals surface area (Å²) in [5, 5.41) is 5.80. The first-order chi connectivity index (χ1) is 12.0. The summed E-state index contributed by atoms with van der Waals surface area (Å²) in [6.45, 7) is 4.28. The number of rotatable bonds is 7. The van der Waals surface area contributed by atoms with Gasteiger partial charge in [0, 0.05) is 12.5 Å². The van der Waals surface area contributed by atoms with Crippen molar-refractivity contribution in [3.63, 3.8) is 0 Å². The number of benzene rings is 1. The molecular formula is C20H29FN2O2. The molecule has 0 heterocycles. The predicted octanol–water partition coefficient (Wildman–Crippen LogP) is 3.21. The second-order valence-electron chi connectivity index (χ2n) is 7.24. The number of carbonyl (C=O) groups is 2. The fourth-order valence-electron chi connectivity index (χ4n) is 3.30. The van der Waals surface area contributed by atoms with E-state index in [2.05, 4.69) is 10.6 Å². The van der Waals surface area contributed by atoms with Crippen LogP contribution in [0.2, 0.25) is 0 Å². The highest BCUT2D eigenvalue weighted by atomic mass is 19.1. The number of hydrogen-bond donors (Lipinski definition) is 2. The zero-order valence-corrected chi connectivity index (χ0v) is 15.2. The Labute approximate surface area is 149 Å². The third kappa shape index (κ3) is 6.15. The number of halogens is 1. The number of amides is 2. The van der Waals surface area contributed by atoms with Gasteiger partial charge in [0.1, 0.15) is 11.9 Å². The first-order valence-electron chi connectivity index (χ1n) is 9.30. The van der Waals surface area contributed by atoms with E-state index in [9.17, 15) is 14.0 Å². The van der Waals surface area contributed by atoms with Gasteiger partial charge in [-0.3, -0.25) is 9.59 Å². The quantitative estimate of drug-likeness (QED) is 0.795. The molecule has 0 saturated heterocycles. The Morgan fingerprint density at radius 2 is 1.92 bits per heavy atom. The highest BCUT2D eigenvalue weighted by Gasteiger charge is 2.28. The number of hydrogen-bond acceptors (Lipinski definition) is 2. The van der Waals surface area contributed by atoms with Crippen LogP contribution in [-0.4, -0.2) is 24.4 Å². The summed E-state index contributed by atoms with van der Waals surface area (Å²) in [6.07, 6.45) is 5.76. The molecule has 0 aromatic heterocycles. The third-order valence-electron chi connectivity index (χ3n) is 4.82. The number of nitrogens with one attached hydrogen (secondary N) is 2. The Balaban J connectivity index is 1.83. The molecule has 2 rings (SSSR count). The standard InChI is InChI=1S/C20H29FN2O2/c1-14(2)18(23-19(24)16-8-4-3-5-9-16)20(25)22-12-11-15-7-6-10-17(21)13-15/h6-7,10,13-14,16,18H,3-5,8-9,11-12H2,1-2H3,(H,22,25)(H,23,24)/t18-/m1/s1. The Bertz CT molecular complexity index is 583. The molecule has 0 spiro atoms. The van der Waals surface area contributed by atoms with Crippen LogP contribution in [0.25, 0.3) is 0 Å². The average Bonchev–Trinajstić information content (AvgIpc) is 2.60. The molecule has 2 amide bonds. The topological polar surface area (TPSA) is 58.2 Å². The first-order valence-corrected chi connectivity index (χ1v) is 9.30. The summed E-state index contributed by atoms with van der Waals surface area (Å²) in [7, 11) is 0. The van der Waals surface area contributed by atoms with Crippen molar-refractivity contribution in [2.24, 2.45) is 11.8 Å². The zero-order chi connectivity index (χ0) is 18.2. The normalized spacial score (nSPS) is 16.5. The average molecular weight is 348 g/mol. The Morgan fingerprint density at radius 3 is 2.56 bits per heavy atom. The molecule has 25 heavy (non-hydrogen) atoms. The van der Waals surface area contributed by atoms with Crippen molar-refractivity contribution in [3.05, 3.63) is 35.6 Å². The van der Waals surface area contributed by atoms with Crippen molar-refractivity contribution in [2.75, 3.05) is 6.54 Å². The van der Waals surface area contributed by atoms with Crippen molar-refractivity contribution < 1.29 is 14.0 Å². The molecule has 1 aromatic carbocycles. The lowest BCUT2D eigenvalue weighted by molar-refractivity contribution is -0.132. The second-order valence-corrected chi connectivity index (χ2v) is 7.24. The highest BCUT2D eigenvalue weighted by Crippen LogP contribution is 2.24. The molecule has 1 aliphatic carbocycles. The third-order valence-corrected chi connectivity index (χ3v) is 4.82. The van der Waals surface area contributed by atoms with Gasteiger partial charge in [-0.25, -0.2) is 4.39 Å². The summed E-state index contributed by atoms with van der Waals surface area (Å²) < 4.78 is 13.2. The van der Waals surface area contributed by atoms with Crippen LogP contribution in [0.15, 0.2) is 24.3 Å². The van der Waals surface area contributed by atoms with Gasteiger partial charge in [0.2, 0.25) is 11.8 Å². The van der Waals surface area contributed by atoms with Crippen LogP contribution in [0.1, 0.15) is 51.5 Å². The molecule has 0 unspecified atom stereocenters. The molecule has 0 radical (unpaired) electrons. The van der Waals surface area contributed by atoms with Crippen molar-refractivity contribution >= 4 is 11.8 Å². The van der Waals surface area contributed by atoms with E-state index in [0.717, 1.165) is 31.2 Å². The van der Waals surface area contributed by atoms with Gasteiger partial charge in [-0.2, -0.15) is 0 Å². The smallest absolute Gasteiger partial charge is 0.242 e. The van der Waals surface area contributed by atoms with Gasteiger partial charge in [-0.05, 0) is 42.9 Å². The lowest BCUT2D eigenvalue weighted by atomic mass is 9.88. The van der Waals surface area contributed by atoms with Gasteiger partial charge in [0.25, 0.3) is 0 Å². The van der Waals surface area contributed by atoms with Crippen LogP contribution in [0.3, 0.4) is 0 Å². The minimum Gasteiger partial charge on any atom is -0.354 e. The van der Waals surface area contributed by atoms with Crippen LogP contribution in [0, 0.1) is 17.7 Å². The van der Waals surface area contributed by atoms with Crippen molar-refractivity contribution in [1.29, 1.82) is 0 Å². The van der Waals surface area contributed by atoms with Crippen LogP contribution in [0.5, 0.6) is 0 Å². The maximum Gasteiger partial charge on any atom is 0.242 e. The van der Waals surface area contributed by atoms with Gasteiger partial charge in [0.05, 0.1) is 0 Å². The molecule has 4 nitrogen and oxygen atoms in total. The second kappa shape index (κ2) is 9.54.